The smallest absolute Gasteiger partial charge is 0.267 e. The first-order valence-electron chi connectivity index (χ1n) is 11.8. The number of rotatable bonds is 5. The number of para-hydroxylation sites is 1. The third-order valence-electron chi connectivity index (χ3n) is 5.71. The lowest BCUT2D eigenvalue weighted by atomic mass is 10.1. The van der Waals surface area contributed by atoms with Crippen molar-refractivity contribution >= 4 is 22.5 Å². The fraction of sp³-hybridized carbons (Fsp3) is 0.185. The number of nitrogens with two attached hydrogens (primary N) is 1. The molecule has 5 rings (SSSR count). The molecule has 3 aromatic heterocycles. The van der Waals surface area contributed by atoms with Crippen LogP contribution in [0.25, 0.3) is 28.0 Å². The van der Waals surface area contributed by atoms with E-state index >= 15 is 0 Å². The van der Waals surface area contributed by atoms with Crippen molar-refractivity contribution in [1.82, 2.24) is 29.7 Å². The minimum atomic E-state index is -0.838. The SMILES string of the molecule is Cc1noc(-c2c(N)ncnc2NC(C)c2nc3cccc(C#CC(C)O)c3c(=O)n2-c2ccccc2)n1. The van der Waals surface area contributed by atoms with Crippen molar-refractivity contribution in [3.8, 4) is 29.0 Å². The molecule has 11 heteroatoms. The van der Waals surface area contributed by atoms with Gasteiger partial charge < -0.3 is 20.7 Å². The van der Waals surface area contributed by atoms with Crippen molar-refractivity contribution in [1.29, 1.82) is 0 Å². The summed E-state index contributed by atoms with van der Waals surface area (Å²) in [4.78, 5) is 31.5. The van der Waals surface area contributed by atoms with Crippen molar-refractivity contribution in [3.63, 3.8) is 0 Å². The topological polar surface area (TPSA) is 158 Å². The summed E-state index contributed by atoms with van der Waals surface area (Å²) >= 11 is 0. The van der Waals surface area contributed by atoms with Gasteiger partial charge in [-0.1, -0.05) is 41.3 Å². The highest BCUT2D eigenvalue weighted by molar-refractivity contribution is 5.85. The summed E-state index contributed by atoms with van der Waals surface area (Å²) in [6, 6.07) is 13.9. The third kappa shape index (κ3) is 4.68. The van der Waals surface area contributed by atoms with Gasteiger partial charge in [-0.15, -0.1) is 0 Å². The summed E-state index contributed by atoms with van der Waals surface area (Å²) in [6.45, 7) is 5.11. The van der Waals surface area contributed by atoms with Gasteiger partial charge in [-0.2, -0.15) is 4.98 Å². The van der Waals surface area contributed by atoms with Gasteiger partial charge in [-0.05, 0) is 45.0 Å². The molecule has 2 unspecified atom stereocenters. The Morgan fingerprint density at radius 3 is 2.58 bits per heavy atom. The Labute approximate surface area is 217 Å². The fourth-order valence-electron chi connectivity index (χ4n) is 4.04. The van der Waals surface area contributed by atoms with Crippen LogP contribution in [-0.4, -0.2) is 40.9 Å². The molecule has 2 atom stereocenters. The van der Waals surface area contributed by atoms with Crippen molar-refractivity contribution < 1.29 is 9.63 Å². The number of nitrogens with one attached hydrogen (secondary N) is 1. The van der Waals surface area contributed by atoms with Gasteiger partial charge in [-0.3, -0.25) is 9.36 Å². The largest absolute Gasteiger partial charge is 0.383 e. The van der Waals surface area contributed by atoms with Crippen LogP contribution in [-0.2, 0) is 0 Å². The molecule has 0 saturated carbocycles. The van der Waals surface area contributed by atoms with Crippen LogP contribution in [0.15, 0.2) is 64.2 Å². The summed E-state index contributed by atoms with van der Waals surface area (Å²) in [6.07, 6.45) is 0.484. The molecule has 5 aromatic rings. The average Bonchev–Trinajstić information content (AvgIpc) is 3.33. The maximum atomic E-state index is 14.0. The number of benzene rings is 2. The van der Waals surface area contributed by atoms with Gasteiger partial charge >= 0.3 is 0 Å². The lowest BCUT2D eigenvalue weighted by Gasteiger charge is -2.21. The number of hydrogen-bond acceptors (Lipinski definition) is 10. The van der Waals surface area contributed by atoms with E-state index in [2.05, 4.69) is 37.3 Å². The molecule has 0 radical (unpaired) electrons. The number of aromatic nitrogens is 6. The normalized spacial score (nSPS) is 12.5. The predicted octanol–water partition coefficient (Wildman–Crippen LogP) is 3.02. The average molecular weight is 509 g/mol. The minimum Gasteiger partial charge on any atom is -0.383 e. The van der Waals surface area contributed by atoms with E-state index in [1.807, 2.05) is 37.3 Å². The molecule has 0 aliphatic rings. The van der Waals surface area contributed by atoms with Crippen molar-refractivity contribution in [2.75, 3.05) is 11.1 Å². The standard InChI is InChI=1S/C27H24N8O3/c1-15(36)12-13-18-8-7-11-20-21(18)27(37)35(19-9-5-4-6-10-19)25(33-20)16(2)31-24-22(23(28)29-14-30-24)26-32-17(3)34-38-26/h4-11,14-16,36H,1-3H3,(H3,28,29,30,31). The van der Waals surface area contributed by atoms with Crippen LogP contribution in [0.1, 0.15) is 37.1 Å². The summed E-state index contributed by atoms with van der Waals surface area (Å²) in [5.74, 6) is 7.16. The monoisotopic (exact) mass is 508 g/mol. The summed E-state index contributed by atoms with van der Waals surface area (Å²) in [5.41, 5.74) is 7.78. The Balaban J connectivity index is 1.69. The molecule has 4 N–H and O–H groups in total. The number of aliphatic hydroxyl groups is 1. The van der Waals surface area contributed by atoms with Gasteiger partial charge in [0.15, 0.2) is 5.82 Å². The number of nitrogens with zero attached hydrogens (tertiary/aromatic N) is 6. The second-order valence-electron chi connectivity index (χ2n) is 8.59. The zero-order valence-corrected chi connectivity index (χ0v) is 20.9. The van der Waals surface area contributed by atoms with E-state index in [-0.39, 0.29) is 17.3 Å². The number of fused-ring (bicyclic) bond motifs is 1. The van der Waals surface area contributed by atoms with E-state index in [1.54, 1.807) is 32.0 Å². The highest BCUT2D eigenvalue weighted by Crippen LogP contribution is 2.31. The van der Waals surface area contributed by atoms with Gasteiger partial charge in [0.2, 0.25) is 0 Å². The van der Waals surface area contributed by atoms with Crippen LogP contribution < -0.4 is 16.6 Å². The lowest BCUT2D eigenvalue weighted by molar-refractivity contribution is 0.253. The molecular weight excluding hydrogens is 484 g/mol. The molecule has 190 valence electrons. The van der Waals surface area contributed by atoms with E-state index in [0.717, 1.165) is 0 Å². The quantitative estimate of drug-likeness (QED) is 0.301. The highest BCUT2D eigenvalue weighted by Gasteiger charge is 2.23. The number of hydrogen-bond donors (Lipinski definition) is 3. The molecule has 0 saturated heterocycles. The number of aliphatic hydroxyl groups excluding tert-OH is 1. The Morgan fingerprint density at radius 2 is 1.87 bits per heavy atom. The van der Waals surface area contributed by atoms with Gasteiger partial charge in [0, 0.05) is 5.56 Å². The Morgan fingerprint density at radius 1 is 1.08 bits per heavy atom. The zero-order valence-electron chi connectivity index (χ0n) is 20.9. The molecule has 0 spiro atoms. The third-order valence-corrected chi connectivity index (χ3v) is 5.71. The molecule has 0 fully saturated rings. The van der Waals surface area contributed by atoms with Crippen LogP contribution in [0, 0.1) is 18.8 Å². The Kier molecular flexibility index (Phi) is 6.55. The van der Waals surface area contributed by atoms with Crippen molar-refractivity contribution in [2.45, 2.75) is 32.9 Å². The summed E-state index contributed by atoms with van der Waals surface area (Å²) < 4.78 is 6.86. The Hall–Kier alpha value is -5.08. The highest BCUT2D eigenvalue weighted by atomic mass is 16.5. The number of nitrogen functional groups attached to an aromatic ring is 1. The molecule has 2 aromatic carbocycles. The summed E-state index contributed by atoms with van der Waals surface area (Å²) in [7, 11) is 0. The second kappa shape index (κ2) is 10.1. The molecule has 0 aliphatic carbocycles. The molecule has 38 heavy (non-hydrogen) atoms. The van der Waals surface area contributed by atoms with E-state index in [0.29, 0.717) is 45.2 Å². The Bertz CT molecular complexity index is 1750. The van der Waals surface area contributed by atoms with Crippen LogP contribution >= 0.6 is 0 Å². The van der Waals surface area contributed by atoms with Gasteiger partial charge in [0.25, 0.3) is 11.4 Å². The molecule has 0 amide bonds. The maximum absolute atomic E-state index is 14.0. The van der Waals surface area contributed by atoms with Crippen LogP contribution in [0.2, 0.25) is 0 Å². The van der Waals surface area contributed by atoms with E-state index in [1.165, 1.54) is 10.9 Å². The first kappa shape index (κ1) is 24.6. The van der Waals surface area contributed by atoms with E-state index in [4.69, 9.17) is 15.2 Å². The molecule has 0 aliphatic heterocycles. The molecule has 3 heterocycles. The van der Waals surface area contributed by atoms with Gasteiger partial charge in [0.05, 0.1) is 22.6 Å². The minimum absolute atomic E-state index is 0.159. The van der Waals surface area contributed by atoms with Crippen molar-refractivity contribution in [2.24, 2.45) is 0 Å². The first-order valence-corrected chi connectivity index (χ1v) is 11.8. The molecule has 0 bridgehead atoms. The number of aryl methyl sites for hydroxylation is 1. The maximum Gasteiger partial charge on any atom is 0.267 e. The first-order chi connectivity index (χ1) is 18.3. The van der Waals surface area contributed by atoms with Crippen molar-refractivity contribution in [3.05, 3.63) is 82.4 Å². The molecular formula is C27H24N8O3. The number of anilines is 2. The van der Waals surface area contributed by atoms with E-state index < -0.39 is 12.1 Å². The lowest BCUT2D eigenvalue weighted by Crippen LogP contribution is -2.28. The second-order valence-corrected chi connectivity index (χ2v) is 8.59. The van der Waals surface area contributed by atoms with Crippen LogP contribution in [0.4, 0.5) is 11.6 Å². The molecule has 11 nitrogen and oxygen atoms in total. The van der Waals surface area contributed by atoms with Crippen LogP contribution in [0.3, 0.4) is 0 Å². The van der Waals surface area contributed by atoms with Gasteiger partial charge in [0.1, 0.15) is 35.5 Å². The predicted molar refractivity (Wildman–Crippen MR) is 142 cm³/mol. The van der Waals surface area contributed by atoms with Gasteiger partial charge in [-0.25, -0.2) is 15.0 Å². The fourth-order valence-corrected chi connectivity index (χ4v) is 4.04. The summed E-state index contributed by atoms with van der Waals surface area (Å²) in [5, 5.41) is 17.1. The van der Waals surface area contributed by atoms with Crippen LogP contribution in [0.5, 0.6) is 0 Å². The zero-order chi connectivity index (χ0) is 26.8. The van der Waals surface area contributed by atoms with E-state index in [9.17, 15) is 9.90 Å².